The molecule has 1 aromatic rings. The van der Waals surface area contributed by atoms with E-state index < -0.39 is 6.09 Å². The van der Waals surface area contributed by atoms with Crippen LogP contribution in [0.4, 0.5) is 16.2 Å². The zero-order chi connectivity index (χ0) is 10.1. The highest BCUT2D eigenvalue weighted by molar-refractivity contribution is 5.91. The minimum Gasteiger partial charge on any atom is -0.506 e. The molecule has 1 aliphatic heterocycles. The van der Waals surface area contributed by atoms with Gasteiger partial charge >= 0.3 is 6.09 Å². The predicted molar refractivity (Wildman–Crippen MR) is 51.2 cm³/mol. The molecule has 5 nitrogen and oxygen atoms in total. The van der Waals surface area contributed by atoms with Crippen LogP contribution in [0.1, 0.15) is 0 Å². The highest BCUT2D eigenvalue weighted by Gasteiger charge is 2.25. The number of cyclic esters (lactones) is 1. The van der Waals surface area contributed by atoms with E-state index >= 15 is 0 Å². The molecule has 0 aromatic heterocycles. The van der Waals surface area contributed by atoms with Crippen LogP contribution in [0, 0.1) is 0 Å². The van der Waals surface area contributed by atoms with Crippen molar-refractivity contribution in [2.45, 2.75) is 0 Å². The second kappa shape index (κ2) is 3.10. The fraction of sp³-hybridized carbons (Fsp3) is 0.222. The molecule has 0 radical (unpaired) electrons. The number of anilines is 2. The molecule has 1 amide bonds. The molecule has 0 aliphatic carbocycles. The molecular weight excluding hydrogens is 184 g/mol. The molecular formula is C9H10N2O3. The molecule has 74 valence electrons. The third-order valence-electron chi connectivity index (χ3n) is 2.05. The van der Waals surface area contributed by atoms with Crippen LogP contribution >= 0.6 is 0 Å². The molecule has 14 heavy (non-hydrogen) atoms. The van der Waals surface area contributed by atoms with Gasteiger partial charge in [0.15, 0.2) is 0 Å². The third-order valence-corrected chi connectivity index (χ3v) is 2.05. The van der Waals surface area contributed by atoms with E-state index in [1.807, 2.05) is 0 Å². The SMILES string of the molecule is Nc1ccc(N2CCOC2=O)c(O)c1. The topological polar surface area (TPSA) is 75.8 Å². The Morgan fingerprint density at radius 2 is 2.29 bits per heavy atom. The van der Waals surface area contributed by atoms with E-state index in [1.54, 1.807) is 12.1 Å². The highest BCUT2D eigenvalue weighted by Crippen LogP contribution is 2.30. The Kier molecular flexibility index (Phi) is 1.92. The van der Waals surface area contributed by atoms with Gasteiger partial charge in [0.25, 0.3) is 0 Å². The maximum absolute atomic E-state index is 11.2. The van der Waals surface area contributed by atoms with E-state index in [0.717, 1.165) is 0 Å². The fourth-order valence-corrected chi connectivity index (χ4v) is 1.38. The van der Waals surface area contributed by atoms with Gasteiger partial charge in [-0.25, -0.2) is 4.79 Å². The highest BCUT2D eigenvalue weighted by atomic mass is 16.6. The van der Waals surface area contributed by atoms with Crippen LogP contribution in [0.2, 0.25) is 0 Å². The molecule has 1 aromatic carbocycles. The lowest BCUT2D eigenvalue weighted by atomic mass is 10.2. The Morgan fingerprint density at radius 3 is 2.86 bits per heavy atom. The number of aromatic hydroxyl groups is 1. The van der Waals surface area contributed by atoms with Crippen molar-refractivity contribution in [1.29, 1.82) is 0 Å². The van der Waals surface area contributed by atoms with Crippen LogP contribution in [0.15, 0.2) is 18.2 Å². The molecule has 1 fully saturated rings. The molecule has 0 saturated carbocycles. The average molecular weight is 194 g/mol. The Bertz CT molecular complexity index is 378. The van der Waals surface area contributed by atoms with E-state index in [4.69, 9.17) is 10.5 Å². The first-order valence-electron chi connectivity index (χ1n) is 4.21. The number of phenols is 1. The van der Waals surface area contributed by atoms with Gasteiger partial charge in [0.1, 0.15) is 12.4 Å². The zero-order valence-corrected chi connectivity index (χ0v) is 7.43. The van der Waals surface area contributed by atoms with E-state index in [1.165, 1.54) is 11.0 Å². The number of benzene rings is 1. The smallest absolute Gasteiger partial charge is 0.414 e. The largest absolute Gasteiger partial charge is 0.506 e. The summed E-state index contributed by atoms with van der Waals surface area (Å²) in [6.45, 7) is 0.805. The molecule has 3 N–H and O–H groups in total. The van der Waals surface area contributed by atoms with Gasteiger partial charge in [-0.1, -0.05) is 0 Å². The van der Waals surface area contributed by atoms with E-state index in [2.05, 4.69) is 0 Å². The maximum atomic E-state index is 11.2. The van der Waals surface area contributed by atoms with Crippen LogP contribution in [-0.2, 0) is 4.74 Å². The summed E-state index contributed by atoms with van der Waals surface area (Å²) < 4.78 is 4.75. The first kappa shape index (κ1) is 8.68. The Balaban J connectivity index is 2.36. The second-order valence-electron chi connectivity index (χ2n) is 3.01. The minimum atomic E-state index is -0.440. The summed E-state index contributed by atoms with van der Waals surface area (Å²) in [5.74, 6) is -0.0103. The Labute approximate surface area is 80.7 Å². The van der Waals surface area contributed by atoms with Crippen molar-refractivity contribution in [3.8, 4) is 5.75 Å². The predicted octanol–water partition coefficient (Wildman–Crippen LogP) is 0.931. The second-order valence-corrected chi connectivity index (χ2v) is 3.01. The number of rotatable bonds is 1. The summed E-state index contributed by atoms with van der Waals surface area (Å²) in [4.78, 5) is 12.5. The number of amides is 1. The van der Waals surface area contributed by atoms with Gasteiger partial charge in [-0.05, 0) is 12.1 Å². The first-order chi connectivity index (χ1) is 6.68. The number of hydrogen-bond acceptors (Lipinski definition) is 4. The maximum Gasteiger partial charge on any atom is 0.414 e. The van der Waals surface area contributed by atoms with Crippen LogP contribution < -0.4 is 10.6 Å². The third kappa shape index (κ3) is 1.32. The lowest BCUT2D eigenvalue weighted by molar-refractivity contribution is 0.181. The summed E-state index contributed by atoms with van der Waals surface area (Å²) in [6, 6.07) is 4.62. The number of ether oxygens (including phenoxy) is 1. The van der Waals surface area contributed by atoms with Crippen molar-refractivity contribution in [2.75, 3.05) is 23.8 Å². The average Bonchev–Trinajstić information content (AvgIpc) is 2.52. The van der Waals surface area contributed by atoms with Gasteiger partial charge < -0.3 is 15.6 Å². The van der Waals surface area contributed by atoms with Crippen molar-refractivity contribution in [2.24, 2.45) is 0 Å². The van der Waals surface area contributed by atoms with Crippen LogP contribution in [0.5, 0.6) is 5.75 Å². The van der Waals surface area contributed by atoms with Crippen LogP contribution in [-0.4, -0.2) is 24.4 Å². The quantitative estimate of drug-likeness (QED) is 0.652. The van der Waals surface area contributed by atoms with Crippen molar-refractivity contribution in [1.82, 2.24) is 0 Å². The Morgan fingerprint density at radius 1 is 1.50 bits per heavy atom. The van der Waals surface area contributed by atoms with E-state index in [-0.39, 0.29) is 5.75 Å². The first-order valence-corrected chi connectivity index (χ1v) is 4.21. The van der Waals surface area contributed by atoms with Gasteiger partial charge in [0.05, 0.1) is 12.2 Å². The summed E-state index contributed by atoms with van der Waals surface area (Å²) in [5.41, 5.74) is 6.36. The normalized spacial score (nSPS) is 15.7. The molecule has 0 bridgehead atoms. The molecule has 1 heterocycles. The summed E-state index contributed by atoms with van der Waals surface area (Å²) in [6.07, 6.45) is -0.440. The lowest BCUT2D eigenvalue weighted by Gasteiger charge is -2.14. The molecule has 1 aliphatic rings. The minimum absolute atomic E-state index is 0.0103. The van der Waals surface area contributed by atoms with Crippen molar-refractivity contribution in [3.05, 3.63) is 18.2 Å². The summed E-state index contributed by atoms with van der Waals surface area (Å²) >= 11 is 0. The van der Waals surface area contributed by atoms with Gasteiger partial charge in [0.2, 0.25) is 0 Å². The standard InChI is InChI=1S/C9H10N2O3/c10-6-1-2-7(8(12)5-6)11-3-4-14-9(11)13/h1-2,5,12H,3-4,10H2. The number of nitrogen functional groups attached to an aromatic ring is 1. The number of phenolic OH excluding ortho intramolecular Hbond substituents is 1. The molecule has 5 heteroatoms. The lowest BCUT2D eigenvalue weighted by Crippen LogP contribution is -2.23. The van der Waals surface area contributed by atoms with Gasteiger partial charge in [0, 0.05) is 11.8 Å². The van der Waals surface area contributed by atoms with Gasteiger partial charge in [-0.15, -0.1) is 0 Å². The number of nitrogens with zero attached hydrogens (tertiary/aromatic N) is 1. The number of hydrogen-bond donors (Lipinski definition) is 2. The molecule has 2 rings (SSSR count). The number of nitrogens with two attached hydrogens (primary N) is 1. The number of carbonyl (C=O) groups is 1. The fourth-order valence-electron chi connectivity index (χ4n) is 1.38. The van der Waals surface area contributed by atoms with Gasteiger partial charge in [-0.3, -0.25) is 4.90 Å². The van der Waals surface area contributed by atoms with Crippen molar-refractivity contribution < 1.29 is 14.6 Å². The summed E-state index contributed by atoms with van der Waals surface area (Å²) in [7, 11) is 0. The monoisotopic (exact) mass is 194 g/mol. The molecule has 0 spiro atoms. The van der Waals surface area contributed by atoms with Gasteiger partial charge in [-0.2, -0.15) is 0 Å². The number of carbonyl (C=O) groups excluding carboxylic acids is 1. The summed E-state index contributed by atoms with van der Waals surface area (Å²) in [5, 5.41) is 9.54. The molecule has 1 saturated heterocycles. The molecule has 0 atom stereocenters. The zero-order valence-electron chi connectivity index (χ0n) is 7.43. The van der Waals surface area contributed by atoms with Crippen molar-refractivity contribution in [3.63, 3.8) is 0 Å². The van der Waals surface area contributed by atoms with Crippen LogP contribution in [0.25, 0.3) is 0 Å². The van der Waals surface area contributed by atoms with E-state index in [9.17, 15) is 9.90 Å². The van der Waals surface area contributed by atoms with Crippen LogP contribution in [0.3, 0.4) is 0 Å². The molecule has 0 unspecified atom stereocenters. The van der Waals surface area contributed by atoms with Crippen molar-refractivity contribution >= 4 is 17.5 Å². The van der Waals surface area contributed by atoms with E-state index in [0.29, 0.717) is 24.5 Å². The Hall–Kier alpha value is -1.91.